The summed E-state index contributed by atoms with van der Waals surface area (Å²) in [4.78, 5) is 22.7. The molecule has 0 aliphatic carbocycles. The Hall–Kier alpha value is -1.30. The third-order valence-corrected chi connectivity index (χ3v) is 2.53. The molecule has 1 unspecified atom stereocenters. The minimum Gasteiger partial charge on any atom is -0.425 e. The highest BCUT2D eigenvalue weighted by Crippen LogP contribution is 2.17. The Morgan fingerprint density at radius 3 is 2.26 bits per heavy atom. The van der Waals surface area contributed by atoms with Crippen molar-refractivity contribution in [2.75, 3.05) is 13.2 Å². The van der Waals surface area contributed by atoms with Crippen LogP contribution in [0.25, 0.3) is 0 Å². The lowest BCUT2D eigenvalue weighted by atomic mass is 9.90. The SMILES string of the molecule is CC(OC(=O)NCC(C)(C)CCO)OC(=O)C(C)C. The Balaban J connectivity index is 4.01. The van der Waals surface area contributed by atoms with E-state index < -0.39 is 18.4 Å². The number of nitrogens with one attached hydrogen (secondary N) is 1. The highest BCUT2D eigenvalue weighted by atomic mass is 16.7. The quantitative estimate of drug-likeness (QED) is 0.545. The summed E-state index contributed by atoms with van der Waals surface area (Å²) in [6.07, 6.45) is -0.989. The smallest absolute Gasteiger partial charge is 0.410 e. The van der Waals surface area contributed by atoms with Crippen molar-refractivity contribution in [1.82, 2.24) is 5.32 Å². The molecule has 0 bridgehead atoms. The number of carbonyl (C=O) groups is 2. The topological polar surface area (TPSA) is 84.9 Å². The van der Waals surface area contributed by atoms with Crippen LogP contribution in [-0.4, -0.2) is 36.6 Å². The zero-order chi connectivity index (χ0) is 15.1. The zero-order valence-corrected chi connectivity index (χ0v) is 12.4. The Bertz CT molecular complexity index is 301. The second-order valence-electron chi connectivity index (χ2n) is 5.56. The maximum Gasteiger partial charge on any atom is 0.410 e. The minimum atomic E-state index is -0.921. The molecule has 0 aromatic rings. The van der Waals surface area contributed by atoms with Gasteiger partial charge in [0.05, 0.1) is 5.92 Å². The number of carbonyl (C=O) groups excluding carboxylic acids is 2. The van der Waals surface area contributed by atoms with Crippen molar-refractivity contribution >= 4 is 12.1 Å². The van der Waals surface area contributed by atoms with Gasteiger partial charge in [-0.25, -0.2) is 4.79 Å². The van der Waals surface area contributed by atoms with Gasteiger partial charge in [-0.1, -0.05) is 27.7 Å². The molecule has 112 valence electrons. The molecule has 0 rings (SSSR count). The fourth-order valence-electron chi connectivity index (χ4n) is 1.22. The molecule has 6 nitrogen and oxygen atoms in total. The highest BCUT2D eigenvalue weighted by molar-refractivity contribution is 5.72. The first-order valence-electron chi connectivity index (χ1n) is 6.44. The molecular weight excluding hydrogens is 250 g/mol. The first-order valence-corrected chi connectivity index (χ1v) is 6.44. The Kier molecular flexibility index (Phi) is 7.44. The number of aliphatic hydroxyl groups is 1. The lowest BCUT2D eigenvalue weighted by Gasteiger charge is -2.24. The molecule has 0 aliphatic heterocycles. The summed E-state index contributed by atoms with van der Waals surface area (Å²) < 4.78 is 9.79. The van der Waals surface area contributed by atoms with Gasteiger partial charge in [0.2, 0.25) is 6.29 Å². The molecule has 0 fully saturated rings. The lowest BCUT2D eigenvalue weighted by Crippen LogP contribution is -2.37. The van der Waals surface area contributed by atoms with E-state index in [4.69, 9.17) is 14.6 Å². The third-order valence-electron chi connectivity index (χ3n) is 2.53. The van der Waals surface area contributed by atoms with Crippen LogP contribution in [0.2, 0.25) is 0 Å². The number of amides is 1. The van der Waals surface area contributed by atoms with Gasteiger partial charge >= 0.3 is 12.1 Å². The largest absolute Gasteiger partial charge is 0.425 e. The maximum absolute atomic E-state index is 11.5. The van der Waals surface area contributed by atoms with E-state index in [9.17, 15) is 9.59 Å². The van der Waals surface area contributed by atoms with Crippen LogP contribution in [0.5, 0.6) is 0 Å². The van der Waals surface area contributed by atoms with E-state index in [1.807, 2.05) is 13.8 Å². The van der Waals surface area contributed by atoms with Gasteiger partial charge < -0.3 is 19.9 Å². The van der Waals surface area contributed by atoms with Crippen molar-refractivity contribution in [3.63, 3.8) is 0 Å². The number of aliphatic hydroxyl groups excluding tert-OH is 1. The second-order valence-corrected chi connectivity index (χ2v) is 5.56. The van der Waals surface area contributed by atoms with Gasteiger partial charge in [-0.2, -0.15) is 0 Å². The highest BCUT2D eigenvalue weighted by Gasteiger charge is 2.20. The standard InChI is InChI=1S/C13H25NO5/c1-9(2)11(16)18-10(3)19-12(17)14-8-13(4,5)6-7-15/h9-10,15H,6-8H2,1-5H3,(H,14,17). The van der Waals surface area contributed by atoms with Crippen LogP contribution in [0.3, 0.4) is 0 Å². The number of alkyl carbamates (subject to hydrolysis) is 1. The Labute approximate surface area is 114 Å². The van der Waals surface area contributed by atoms with Crippen LogP contribution in [0.1, 0.15) is 41.0 Å². The van der Waals surface area contributed by atoms with Gasteiger partial charge in [0.25, 0.3) is 0 Å². The van der Waals surface area contributed by atoms with Gasteiger partial charge in [0, 0.05) is 20.1 Å². The average Bonchev–Trinajstić information content (AvgIpc) is 2.26. The molecule has 0 radical (unpaired) electrons. The van der Waals surface area contributed by atoms with Crippen LogP contribution in [-0.2, 0) is 14.3 Å². The summed E-state index contributed by atoms with van der Waals surface area (Å²) >= 11 is 0. The number of hydrogen-bond donors (Lipinski definition) is 2. The molecule has 2 N–H and O–H groups in total. The molecule has 0 aromatic carbocycles. The van der Waals surface area contributed by atoms with Crippen molar-refractivity contribution in [3.05, 3.63) is 0 Å². The van der Waals surface area contributed by atoms with Gasteiger partial charge in [-0.15, -0.1) is 0 Å². The van der Waals surface area contributed by atoms with Gasteiger partial charge in [-0.05, 0) is 11.8 Å². The summed E-state index contributed by atoms with van der Waals surface area (Å²) in [5, 5.41) is 11.4. The predicted molar refractivity (Wildman–Crippen MR) is 70.4 cm³/mol. The van der Waals surface area contributed by atoms with Gasteiger partial charge in [-0.3, -0.25) is 4.79 Å². The van der Waals surface area contributed by atoms with Crippen molar-refractivity contribution in [1.29, 1.82) is 0 Å². The summed E-state index contributed by atoms with van der Waals surface area (Å²) in [7, 11) is 0. The molecule has 0 saturated heterocycles. The van der Waals surface area contributed by atoms with Gasteiger partial charge in [0.1, 0.15) is 0 Å². The van der Waals surface area contributed by atoms with E-state index in [0.717, 1.165) is 0 Å². The molecule has 19 heavy (non-hydrogen) atoms. The van der Waals surface area contributed by atoms with Gasteiger partial charge in [0.15, 0.2) is 0 Å². The fourth-order valence-corrected chi connectivity index (χ4v) is 1.22. The minimum absolute atomic E-state index is 0.0616. The van der Waals surface area contributed by atoms with Crippen LogP contribution in [0.4, 0.5) is 4.79 Å². The number of hydrogen-bond acceptors (Lipinski definition) is 5. The molecular formula is C13H25NO5. The monoisotopic (exact) mass is 275 g/mol. The van der Waals surface area contributed by atoms with Crippen molar-refractivity contribution < 1.29 is 24.2 Å². The first kappa shape index (κ1) is 17.7. The molecule has 0 aliphatic rings. The number of esters is 1. The van der Waals surface area contributed by atoms with E-state index in [1.54, 1.807) is 13.8 Å². The van der Waals surface area contributed by atoms with E-state index in [-0.39, 0.29) is 17.9 Å². The Morgan fingerprint density at radius 2 is 1.79 bits per heavy atom. The van der Waals surface area contributed by atoms with Crippen LogP contribution in [0.15, 0.2) is 0 Å². The summed E-state index contributed by atoms with van der Waals surface area (Å²) in [5.41, 5.74) is -0.217. The predicted octanol–water partition coefficient (Wildman–Crippen LogP) is 1.67. The first-order chi connectivity index (χ1) is 8.68. The number of ether oxygens (including phenoxy) is 2. The molecule has 1 amide bonds. The summed E-state index contributed by atoms with van der Waals surface area (Å²) in [6, 6.07) is 0. The molecule has 0 spiro atoms. The third kappa shape index (κ3) is 8.42. The molecule has 1 atom stereocenters. The Morgan fingerprint density at radius 1 is 1.21 bits per heavy atom. The lowest BCUT2D eigenvalue weighted by molar-refractivity contribution is -0.168. The molecule has 0 saturated carbocycles. The molecule has 0 heterocycles. The summed E-state index contributed by atoms with van der Waals surface area (Å²) in [6.45, 7) is 9.17. The average molecular weight is 275 g/mol. The van der Waals surface area contributed by atoms with Crippen molar-refractivity contribution in [2.24, 2.45) is 11.3 Å². The van der Waals surface area contributed by atoms with E-state index >= 15 is 0 Å². The maximum atomic E-state index is 11.5. The number of rotatable bonds is 7. The normalized spacial score (nSPS) is 13.0. The zero-order valence-electron chi connectivity index (χ0n) is 12.4. The van der Waals surface area contributed by atoms with E-state index in [0.29, 0.717) is 13.0 Å². The van der Waals surface area contributed by atoms with Crippen LogP contribution < -0.4 is 5.32 Å². The van der Waals surface area contributed by atoms with E-state index in [2.05, 4.69) is 5.32 Å². The van der Waals surface area contributed by atoms with Crippen molar-refractivity contribution in [2.45, 2.75) is 47.3 Å². The molecule has 6 heteroatoms. The van der Waals surface area contributed by atoms with Crippen LogP contribution >= 0.6 is 0 Å². The summed E-state index contributed by atoms with van der Waals surface area (Å²) in [5.74, 6) is -0.682. The van der Waals surface area contributed by atoms with E-state index in [1.165, 1.54) is 6.92 Å². The second kappa shape index (κ2) is 7.99. The molecule has 0 aromatic heterocycles. The van der Waals surface area contributed by atoms with Crippen LogP contribution in [0, 0.1) is 11.3 Å². The van der Waals surface area contributed by atoms with Crippen molar-refractivity contribution in [3.8, 4) is 0 Å². The fraction of sp³-hybridized carbons (Fsp3) is 0.846.